The van der Waals surface area contributed by atoms with Crippen LogP contribution in [0.1, 0.15) is 37.3 Å². The summed E-state index contributed by atoms with van der Waals surface area (Å²) in [5.74, 6) is -1.48. The van der Waals surface area contributed by atoms with Crippen LogP contribution in [-0.4, -0.2) is 18.9 Å². The smallest absolute Gasteiger partial charge is 0.309 e. The zero-order valence-corrected chi connectivity index (χ0v) is 14.4. The number of ketones is 1. The Balaban J connectivity index is 2.30. The van der Waals surface area contributed by atoms with Crippen molar-refractivity contribution in [1.29, 1.82) is 0 Å². The number of nitrogens with zero attached hydrogens (tertiary/aromatic N) is 3. The van der Waals surface area contributed by atoms with Gasteiger partial charge in [0, 0.05) is 15.3 Å². The molecule has 1 aromatic carbocycles. The fourth-order valence-corrected chi connectivity index (χ4v) is 3.36. The Bertz CT molecular complexity index is 626. The zero-order valence-electron chi connectivity index (χ0n) is 12.8. The highest BCUT2D eigenvalue weighted by Gasteiger charge is 2.39. The fourth-order valence-electron chi connectivity index (χ4n) is 3.09. The highest BCUT2D eigenvalue weighted by atomic mass is 79.9. The van der Waals surface area contributed by atoms with Crippen molar-refractivity contribution in [2.24, 2.45) is 17.0 Å². The van der Waals surface area contributed by atoms with E-state index in [1.165, 1.54) is 7.11 Å². The van der Waals surface area contributed by atoms with Crippen LogP contribution in [-0.2, 0) is 14.3 Å². The van der Waals surface area contributed by atoms with Gasteiger partial charge in [0.2, 0.25) is 0 Å². The SMILES string of the molecule is COC(=O)C1CCCCC1C(=O)C(N=[N+]=[N-])c1ccc(Br)cc1. The van der Waals surface area contributed by atoms with Gasteiger partial charge in [-0.05, 0) is 36.1 Å². The number of hydrogen-bond acceptors (Lipinski definition) is 4. The maximum atomic E-state index is 12.9. The first-order valence-corrected chi connectivity index (χ1v) is 8.29. The predicted octanol–water partition coefficient (Wildman–Crippen LogP) is 4.35. The molecule has 23 heavy (non-hydrogen) atoms. The summed E-state index contributed by atoms with van der Waals surface area (Å²) in [6, 6.07) is 6.17. The van der Waals surface area contributed by atoms with Gasteiger partial charge in [-0.1, -0.05) is 46.0 Å². The largest absolute Gasteiger partial charge is 0.469 e. The first-order chi connectivity index (χ1) is 11.1. The van der Waals surface area contributed by atoms with Crippen LogP contribution in [0.15, 0.2) is 33.9 Å². The summed E-state index contributed by atoms with van der Waals surface area (Å²) in [5, 5.41) is 3.68. The number of ether oxygens (including phenoxy) is 1. The molecule has 1 aliphatic carbocycles. The average molecular weight is 380 g/mol. The van der Waals surface area contributed by atoms with Crippen molar-refractivity contribution >= 4 is 27.7 Å². The van der Waals surface area contributed by atoms with Crippen molar-refractivity contribution in [2.75, 3.05) is 7.11 Å². The van der Waals surface area contributed by atoms with Crippen molar-refractivity contribution in [3.8, 4) is 0 Å². The fraction of sp³-hybridized carbons (Fsp3) is 0.500. The van der Waals surface area contributed by atoms with E-state index in [-0.39, 0.29) is 11.8 Å². The van der Waals surface area contributed by atoms with Gasteiger partial charge in [0.25, 0.3) is 0 Å². The second-order valence-corrected chi connectivity index (χ2v) is 6.50. The normalized spacial score (nSPS) is 21.8. The minimum Gasteiger partial charge on any atom is -0.469 e. The van der Waals surface area contributed by atoms with Gasteiger partial charge in [-0.3, -0.25) is 9.59 Å². The number of carbonyl (C=O) groups excluding carboxylic acids is 2. The molecule has 0 saturated heterocycles. The molecule has 6 nitrogen and oxygen atoms in total. The molecule has 0 spiro atoms. The van der Waals surface area contributed by atoms with Crippen LogP contribution in [0.4, 0.5) is 0 Å². The first kappa shape index (κ1) is 17.5. The summed E-state index contributed by atoms with van der Waals surface area (Å²) in [7, 11) is 1.33. The third-order valence-electron chi connectivity index (χ3n) is 4.26. The van der Waals surface area contributed by atoms with Crippen molar-refractivity contribution in [2.45, 2.75) is 31.7 Å². The Hall–Kier alpha value is -1.85. The summed E-state index contributed by atoms with van der Waals surface area (Å²) < 4.78 is 5.70. The lowest BCUT2D eigenvalue weighted by Gasteiger charge is -2.30. The van der Waals surface area contributed by atoms with Gasteiger partial charge < -0.3 is 4.74 Å². The number of azide groups is 1. The number of benzene rings is 1. The second kappa shape index (κ2) is 8.13. The highest BCUT2D eigenvalue weighted by Crippen LogP contribution is 2.36. The number of rotatable bonds is 5. The van der Waals surface area contributed by atoms with E-state index < -0.39 is 17.9 Å². The Kier molecular flexibility index (Phi) is 6.19. The van der Waals surface area contributed by atoms with Crippen LogP contribution in [0.3, 0.4) is 0 Å². The van der Waals surface area contributed by atoms with Crippen LogP contribution in [0.5, 0.6) is 0 Å². The lowest BCUT2D eigenvalue weighted by atomic mass is 9.74. The van der Waals surface area contributed by atoms with Crippen LogP contribution < -0.4 is 0 Å². The van der Waals surface area contributed by atoms with E-state index in [0.29, 0.717) is 18.4 Å². The molecule has 1 aliphatic rings. The summed E-state index contributed by atoms with van der Waals surface area (Å²) in [4.78, 5) is 27.7. The molecule has 1 fully saturated rings. The summed E-state index contributed by atoms with van der Waals surface area (Å²) >= 11 is 3.34. The number of halogens is 1. The van der Waals surface area contributed by atoms with Crippen LogP contribution in [0.2, 0.25) is 0 Å². The number of Topliss-reactive ketones (excluding diaryl/α,β-unsaturated/α-hetero) is 1. The lowest BCUT2D eigenvalue weighted by molar-refractivity contribution is -0.151. The van der Waals surface area contributed by atoms with E-state index in [1.54, 1.807) is 24.3 Å². The molecule has 0 amide bonds. The van der Waals surface area contributed by atoms with Gasteiger partial charge in [0.05, 0.1) is 13.0 Å². The van der Waals surface area contributed by atoms with Crippen LogP contribution in [0, 0.1) is 11.8 Å². The molecular weight excluding hydrogens is 362 g/mol. The molecule has 7 heteroatoms. The van der Waals surface area contributed by atoms with E-state index in [9.17, 15) is 9.59 Å². The van der Waals surface area contributed by atoms with Gasteiger partial charge in [0.1, 0.15) is 11.8 Å². The van der Waals surface area contributed by atoms with E-state index in [1.807, 2.05) is 0 Å². The number of hydrogen-bond donors (Lipinski definition) is 0. The molecule has 0 bridgehead atoms. The van der Waals surface area contributed by atoms with Gasteiger partial charge in [-0.25, -0.2) is 0 Å². The molecule has 0 radical (unpaired) electrons. The van der Waals surface area contributed by atoms with E-state index in [4.69, 9.17) is 10.3 Å². The molecular formula is C16H18BrN3O3. The molecule has 1 saturated carbocycles. The molecule has 0 aliphatic heterocycles. The Morgan fingerprint density at radius 1 is 1.26 bits per heavy atom. The van der Waals surface area contributed by atoms with Crippen molar-refractivity contribution < 1.29 is 14.3 Å². The Labute approximate surface area is 143 Å². The molecule has 0 aromatic heterocycles. The quantitative estimate of drug-likeness (QED) is 0.329. The number of methoxy groups -OCH3 is 1. The molecule has 0 heterocycles. The standard InChI is InChI=1S/C16H18BrN3O3/c1-23-16(22)13-5-3-2-4-12(13)15(21)14(19-20-18)10-6-8-11(17)9-7-10/h6-9,12-14H,2-5H2,1H3. The zero-order chi connectivity index (χ0) is 16.8. The van der Waals surface area contributed by atoms with Gasteiger partial charge in [0.15, 0.2) is 0 Å². The molecule has 1 aromatic rings. The summed E-state index contributed by atoms with van der Waals surface area (Å²) in [5.41, 5.74) is 9.46. The summed E-state index contributed by atoms with van der Waals surface area (Å²) in [6.07, 6.45) is 3.03. The van der Waals surface area contributed by atoms with Crippen molar-refractivity contribution in [3.05, 3.63) is 44.7 Å². The second-order valence-electron chi connectivity index (χ2n) is 5.58. The molecule has 3 atom stereocenters. The minimum absolute atomic E-state index is 0.208. The third kappa shape index (κ3) is 4.12. The number of carbonyl (C=O) groups is 2. The van der Waals surface area contributed by atoms with Gasteiger partial charge in [-0.2, -0.15) is 0 Å². The minimum atomic E-state index is -0.914. The van der Waals surface area contributed by atoms with Crippen molar-refractivity contribution in [1.82, 2.24) is 0 Å². The Morgan fingerprint density at radius 3 is 2.43 bits per heavy atom. The predicted molar refractivity (Wildman–Crippen MR) is 88.5 cm³/mol. The van der Waals surface area contributed by atoms with Crippen LogP contribution >= 0.6 is 15.9 Å². The molecule has 2 rings (SSSR count). The molecule has 122 valence electrons. The highest BCUT2D eigenvalue weighted by molar-refractivity contribution is 9.10. The topological polar surface area (TPSA) is 92.1 Å². The van der Waals surface area contributed by atoms with Crippen LogP contribution in [0.25, 0.3) is 10.4 Å². The van der Waals surface area contributed by atoms with E-state index in [0.717, 1.165) is 17.3 Å². The monoisotopic (exact) mass is 379 g/mol. The molecule has 3 unspecified atom stereocenters. The lowest BCUT2D eigenvalue weighted by Crippen LogP contribution is -2.35. The summed E-state index contributed by atoms with van der Waals surface area (Å²) in [6.45, 7) is 0. The average Bonchev–Trinajstić information content (AvgIpc) is 2.59. The van der Waals surface area contributed by atoms with E-state index in [2.05, 4.69) is 26.0 Å². The maximum absolute atomic E-state index is 12.9. The first-order valence-electron chi connectivity index (χ1n) is 7.49. The Morgan fingerprint density at radius 2 is 1.87 bits per heavy atom. The van der Waals surface area contributed by atoms with Crippen molar-refractivity contribution in [3.63, 3.8) is 0 Å². The third-order valence-corrected chi connectivity index (χ3v) is 4.79. The van der Waals surface area contributed by atoms with Gasteiger partial charge >= 0.3 is 5.97 Å². The maximum Gasteiger partial charge on any atom is 0.309 e. The van der Waals surface area contributed by atoms with E-state index >= 15 is 0 Å². The van der Waals surface area contributed by atoms with Gasteiger partial charge in [-0.15, -0.1) is 0 Å². The molecule has 0 N–H and O–H groups in total. The number of esters is 1.